The Morgan fingerprint density at radius 3 is 2.81 bits per heavy atom. The first-order chi connectivity index (χ1) is 12.5. The molecule has 1 N–H and O–H groups in total. The van der Waals surface area contributed by atoms with E-state index in [9.17, 15) is 14.0 Å². The van der Waals surface area contributed by atoms with Gasteiger partial charge in [0.2, 0.25) is 5.91 Å². The van der Waals surface area contributed by atoms with Crippen molar-refractivity contribution in [2.75, 3.05) is 6.54 Å². The second kappa shape index (κ2) is 7.92. The first kappa shape index (κ1) is 18.5. The summed E-state index contributed by atoms with van der Waals surface area (Å²) in [6.45, 7) is 0.124. The van der Waals surface area contributed by atoms with Gasteiger partial charge in [-0.25, -0.2) is 4.39 Å². The van der Waals surface area contributed by atoms with Gasteiger partial charge in [-0.1, -0.05) is 23.5 Å². The Balaban J connectivity index is 1.64. The number of hydrogen-bond donors (Lipinski definition) is 1. The molecular weight excluding hydrogens is 421 g/mol. The van der Waals surface area contributed by atoms with Crippen LogP contribution in [-0.2, 0) is 11.8 Å². The lowest BCUT2D eigenvalue weighted by Gasteiger charge is -2.05. The largest absolute Gasteiger partial charge is 0.351 e. The average molecular weight is 436 g/mol. The van der Waals surface area contributed by atoms with Crippen molar-refractivity contribution >= 4 is 49.3 Å². The molecule has 0 unspecified atom stereocenters. The summed E-state index contributed by atoms with van der Waals surface area (Å²) in [4.78, 5) is 28.9. The van der Waals surface area contributed by atoms with Gasteiger partial charge < -0.3 is 9.88 Å². The maximum absolute atomic E-state index is 13.3. The zero-order valence-electron chi connectivity index (χ0n) is 13.8. The number of aromatic nitrogens is 1. The Hall–Kier alpha value is -2.32. The number of carbonyl (C=O) groups is 2. The molecule has 1 heterocycles. The van der Waals surface area contributed by atoms with E-state index in [0.29, 0.717) is 9.27 Å². The van der Waals surface area contributed by atoms with Gasteiger partial charge in [-0.3, -0.25) is 9.59 Å². The number of hydrogen-bond acceptors (Lipinski definition) is 3. The molecule has 0 radical (unpaired) electrons. The minimum atomic E-state index is -0.498. The summed E-state index contributed by atoms with van der Waals surface area (Å²) in [5.74, 6) is -1.27. The maximum atomic E-state index is 13.3. The van der Waals surface area contributed by atoms with E-state index in [1.54, 1.807) is 0 Å². The molecule has 1 aromatic heterocycles. The highest BCUT2D eigenvalue weighted by atomic mass is 79.9. The lowest BCUT2D eigenvalue weighted by atomic mass is 10.2. The molecule has 8 heteroatoms. The first-order valence-electron chi connectivity index (χ1n) is 7.81. The Bertz CT molecular complexity index is 1060. The quantitative estimate of drug-likeness (QED) is 0.682. The molecule has 0 bridgehead atoms. The second-order valence-electron chi connectivity index (χ2n) is 5.55. The molecule has 0 saturated carbocycles. The van der Waals surface area contributed by atoms with Crippen LogP contribution >= 0.6 is 27.3 Å². The molecule has 5 nitrogen and oxygen atoms in total. The highest BCUT2D eigenvalue weighted by Crippen LogP contribution is 2.17. The van der Waals surface area contributed by atoms with E-state index in [1.165, 1.54) is 23.5 Å². The minimum absolute atomic E-state index is 0.0624. The fraction of sp³-hybridized carbons (Fsp3) is 0.167. The molecular formula is C18H15BrFN3O2S. The highest BCUT2D eigenvalue weighted by Gasteiger charge is 2.11. The predicted octanol–water partition coefficient (Wildman–Crippen LogP) is 3.39. The molecule has 0 aliphatic heterocycles. The number of nitrogens with one attached hydrogen (secondary N) is 1. The van der Waals surface area contributed by atoms with Crippen LogP contribution in [0.1, 0.15) is 16.8 Å². The van der Waals surface area contributed by atoms with Crippen molar-refractivity contribution in [1.29, 1.82) is 0 Å². The third-order valence-corrected chi connectivity index (χ3v) is 5.54. The van der Waals surface area contributed by atoms with Crippen LogP contribution in [0.25, 0.3) is 10.2 Å². The highest BCUT2D eigenvalue weighted by molar-refractivity contribution is 9.10. The van der Waals surface area contributed by atoms with Crippen molar-refractivity contribution < 1.29 is 14.0 Å². The van der Waals surface area contributed by atoms with Gasteiger partial charge in [0.1, 0.15) is 5.82 Å². The van der Waals surface area contributed by atoms with Crippen LogP contribution < -0.4 is 10.1 Å². The molecule has 0 fully saturated rings. The Morgan fingerprint density at radius 2 is 2.04 bits per heavy atom. The third-order valence-electron chi connectivity index (χ3n) is 3.73. The predicted molar refractivity (Wildman–Crippen MR) is 102 cm³/mol. The zero-order valence-corrected chi connectivity index (χ0v) is 16.2. The van der Waals surface area contributed by atoms with Crippen molar-refractivity contribution in [1.82, 2.24) is 9.88 Å². The van der Waals surface area contributed by atoms with Crippen LogP contribution in [-0.4, -0.2) is 22.9 Å². The fourth-order valence-electron chi connectivity index (χ4n) is 2.40. The summed E-state index contributed by atoms with van der Waals surface area (Å²) in [6.07, 6.45) is 0.0624. The molecule has 26 heavy (non-hydrogen) atoms. The first-order valence-corrected chi connectivity index (χ1v) is 9.42. The third kappa shape index (κ3) is 4.08. The van der Waals surface area contributed by atoms with E-state index >= 15 is 0 Å². The molecule has 0 saturated heterocycles. The summed E-state index contributed by atoms with van der Waals surface area (Å²) >= 11 is 4.64. The summed E-state index contributed by atoms with van der Waals surface area (Å²) in [5, 5.41) is 2.61. The van der Waals surface area contributed by atoms with Crippen LogP contribution in [0.15, 0.2) is 51.9 Å². The average Bonchev–Trinajstić information content (AvgIpc) is 2.93. The molecule has 3 aromatic rings. The second-order valence-corrected chi connectivity index (χ2v) is 7.41. The van der Waals surface area contributed by atoms with E-state index < -0.39 is 11.7 Å². The van der Waals surface area contributed by atoms with Crippen LogP contribution in [0, 0.1) is 5.82 Å². The van der Waals surface area contributed by atoms with Crippen molar-refractivity contribution in [2.24, 2.45) is 12.0 Å². The Morgan fingerprint density at radius 1 is 1.27 bits per heavy atom. The molecule has 3 rings (SSSR count). The van der Waals surface area contributed by atoms with Gasteiger partial charge in [-0.05, 0) is 46.3 Å². The Labute approximate surface area is 161 Å². The van der Waals surface area contributed by atoms with Crippen LogP contribution in [0.3, 0.4) is 0 Å². The molecule has 0 aliphatic rings. The number of benzene rings is 2. The van der Waals surface area contributed by atoms with E-state index in [2.05, 4.69) is 26.2 Å². The van der Waals surface area contributed by atoms with Crippen LogP contribution in [0.4, 0.5) is 4.39 Å². The van der Waals surface area contributed by atoms with Gasteiger partial charge in [0.25, 0.3) is 5.91 Å². The number of thiazole rings is 1. The molecule has 2 aromatic carbocycles. The molecule has 0 spiro atoms. The van der Waals surface area contributed by atoms with E-state index in [1.807, 2.05) is 35.9 Å². The number of amides is 2. The van der Waals surface area contributed by atoms with Crippen molar-refractivity contribution in [2.45, 2.75) is 6.42 Å². The number of aryl methyl sites for hydroxylation is 1. The Kier molecular flexibility index (Phi) is 5.63. The van der Waals surface area contributed by atoms with E-state index in [0.717, 1.165) is 16.3 Å². The van der Waals surface area contributed by atoms with Crippen LogP contribution in [0.2, 0.25) is 0 Å². The van der Waals surface area contributed by atoms with Crippen molar-refractivity contribution in [3.8, 4) is 0 Å². The summed E-state index contributed by atoms with van der Waals surface area (Å²) in [7, 11) is 1.86. The van der Waals surface area contributed by atoms with Crippen molar-refractivity contribution in [3.63, 3.8) is 0 Å². The number of nitrogens with zero attached hydrogens (tertiary/aromatic N) is 2. The van der Waals surface area contributed by atoms with Crippen molar-refractivity contribution in [3.05, 3.63) is 63.1 Å². The van der Waals surface area contributed by atoms with Gasteiger partial charge >= 0.3 is 0 Å². The topological polar surface area (TPSA) is 63.5 Å². The number of fused-ring (bicyclic) bond motifs is 1. The minimum Gasteiger partial charge on any atom is -0.351 e. The normalized spacial score (nSPS) is 11.7. The standard InChI is InChI=1S/C18H15BrFN3O2S/c1-23-14-4-2-3-5-15(14)26-18(23)22-16(24)8-9-21-17(25)12-10-11(20)6-7-13(12)19/h2-7,10H,8-9H2,1H3,(H,21,25). The summed E-state index contributed by atoms with van der Waals surface area (Å²) in [6, 6.07) is 11.7. The lowest BCUT2D eigenvalue weighted by Crippen LogP contribution is -2.26. The zero-order chi connectivity index (χ0) is 18.7. The monoisotopic (exact) mass is 435 g/mol. The number of halogens is 2. The SMILES string of the molecule is Cn1c(=NC(=O)CCNC(=O)c2cc(F)ccc2Br)sc2ccccc21. The number of carbonyl (C=O) groups excluding carboxylic acids is 2. The molecule has 0 atom stereocenters. The lowest BCUT2D eigenvalue weighted by molar-refractivity contribution is -0.117. The molecule has 2 amide bonds. The fourth-order valence-corrected chi connectivity index (χ4v) is 3.86. The van der Waals surface area contributed by atoms with Gasteiger partial charge in [0.15, 0.2) is 4.80 Å². The summed E-state index contributed by atoms with van der Waals surface area (Å²) in [5.41, 5.74) is 1.19. The van der Waals surface area contributed by atoms with Crippen LogP contribution in [0.5, 0.6) is 0 Å². The number of rotatable bonds is 4. The van der Waals surface area contributed by atoms with E-state index in [-0.39, 0.29) is 24.4 Å². The molecule has 134 valence electrons. The van der Waals surface area contributed by atoms with Gasteiger partial charge in [-0.15, -0.1) is 0 Å². The van der Waals surface area contributed by atoms with Gasteiger partial charge in [0, 0.05) is 24.5 Å². The molecule has 0 aliphatic carbocycles. The summed E-state index contributed by atoms with van der Waals surface area (Å²) < 4.78 is 16.7. The number of para-hydroxylation sites is 1. The van der Waals surface area contributed by atoms with E-state index in [4.69, 9.17) is 0 Å². The smallest absolute Gasteiger partial charge is 0.252 e. The van der Waals surface area contributed by atoms with Gasteiger partial charge in [-0.2, -0.15) is 4.99 Å². The maximum Gasteiger partial charge on any atom is 0.252 e. The van der Waals surface area contributed by atoms with Gasteiger partial charge in [0.05, 0.1) is 15.8 Å².